The van der Waals surface area contributed by atoms with Gasteiger partial charge >= 0.3 is 5.97 Å². The van der Waals surface area contributed by atoms with Crippen molar-refractivity contribution in [2.75, 3.05) is 165 Å². The van der Waals surface area contributed by atoms with Crippen molar-refractivity contribution in [1.29, 1.82) is 0 Å². The van der Waals surface area contributed by atoms with Crippen LogP contribution in [0.5, 0.6) is 5.75 Å². The van der Waals surface area contributed by atoms with Crippen molar-refractivity contribution in [3.63, 3.8) is 0 Å². The number of benzene rings is 1. The summed E-state index contributed by atoms with van der Waals surface area (Å²) in [5.41, 5.74) is 1.29. The van der Waals surface area contributed by atoms with Crippen LogP contribution in [0.1, 0.15) is 31.2 Å². The predicted octanol–water partition coefficient (Wildman–Crippen LogP) is -2.40. The molecule has 0 bridgehead atoms. The number of ether oxygens (including phenoxy) is 14. The molecule has 9 atom stereocenters. The van der Waals surface area contributed by atoms with Crippen LogP contribution in [-0.4, -0.2) is 298 Å². The van der Waals surface area contributed by atoms with Crippen LogP contribution in [0, 0.1) is 29.1 Å². The van der Waals surface area contributed by atoms with E-state index < -0.39 is 122 Å². The predicted molar refractivity (Wildman–Crippen MR) is 287 cm³/mol. The highest BCUT2D eigenvalue weighted by atomic mass is 19.2. The van der Waals surface area contributed by atoms with E-state index in [2.05, 4.69) is 35.6 Å². The first-order valence-corrected chi connectivity index (χ1v) is 28.8. The van der Waals surface area contributed by atoms with E-state index in [9.17, 15) is 62.2 Å². The van der Waals surface area contributed by atoms with Crippen LogP contribution in [0.3, 0.4) is 0 Å². The van der Waals surface area contributed by atoms with Gasteiger partial charge in [0.1, 0.15) is 36.6 Å². The number of aliphatic hydroxyl groups excluding tert-OH is 6. The normalized spacial score (nSPS) is 21.4. The molecule has 0 radical (unpaired) electrons. The molecule has 2 aliphatic rings. The summed E-state index contributed by atoms with van der Waals surface area (Å²) in [6, 6.07) is -1.05. The number of amides is 1. The second-order valence-electron chi connectivity index (χ2n) is 19.7. The zero-order valence-electron chi connectivity index (χ0n) is 49.0. The Labute approximate surface area is 504 Å². The standard InChI is InChI=1S/C53H83F5N8O22/c1-35(69)59-48-51(74)50(73)40(34-68)87-53(48)85-12-3-37-32-66(63-61-37)9-17-80-23-29-83-27-21-78-15-7-64(5-13-76-19-25-81-24-18-75-10-4-41(71)88-52-46(57)44(55)43(54)45(56)47(52)58)6-14-77-20-26-82-28-22-79-16-8-65-31-36(60-62-65)2-11-84-42-30-38(70)49(72)39(33-67)86-42/h31-32,38-40,42,48-51,53,67-68,70,72-74H,2-30,33-34H2,1H3,(H,59,69)/t38-,39-,40-,42-,48-,49-,50+,51-,53-/m1/s1. The quantitative estimate of drug-likeness (QED) is 0.00774. The van der Waals surface area contributed by atoms with Crippen molar-refractivity contribution < 1.29 is 128 Å². The van der Waals surface area contributed by atoms with E-state index in [1.807, 2.05) is 0 Å². The van der Waals surface area contributed by atoms with E-state index in [0.717, 1.165) is 0 Å². The van der Waals surface area contributed by atoms with Gasteiger partial charge in [0.05, 0.1) is 182 Å². The van der Waals surface area contributed by atoms with Crippen molar-refractivity contribution >= 4 is 11.9 Å². The molecule has 30 nitrogen and oxygen atoms in total. The zero-order valence-corrected chi connectivity index (χ0v) is 49.0. The Bertz CT molecular complexity index is 2390. The average Bonchev–Trinajstić information content (AvgIpc) is 2.13. The molecule has 502 valence electrons. The van der Waals surface area contributed by atoms with Gasteiger partial charge in [-0.25, -0.2) is 22.5 Å². The Morgan fingerprint density at radius 3 is 1.44 bits per heavy atom. The first kappa shape index (κ1) is 74.0. The van der Waals surface area contributed by atoms with Gasteiger partial charge in [0.15, 0.2) is 12.6 Å². The third kappa shape index (κ3) is 27.0. The van der Waals surface area contributed by atoms with E-state index >= 15 is 0 Å². The number of nitrogens with one attached hydrogen (secondary N) is 1. The lowest BCUT2D eigenvalue weighted by molar-refractivity contribution is -0.269. The molecule has 2 saturated heterocycles. The van der Waals surface area contributed by atoms with Gasteiger partial charge < -0.3 is 102 Å². The first-order chi connectivity index (χ1) is 42.6. The number of hydrogen-bond acceptors (Lipinski definition) is 27. The fourth-order valence-electron chi connectivity index (χ4n) is 8.34. The molecule has 1 amide bonds. The van der Waals surface area contributed by atoms with Crippen LogP contribution in [0.15, 0.2) is 12.4 Å². The fourth-order valence-corrected chi connectivity index (χ4v) is 8.34. The molecule has 0 aliphatic carbocycles. The van der Waals surface area contributed by atoms with Gasteiger partial charge in [0.2, 0.25) is 40.7 Å². The first-order valence-electron chi connectivity index (χ1n) is 28.8. The van der Waals surface area contributed by atoms with Crippen molar-refractivity contribution in [3.05, 3.63) is 52.9 Å². The number of halogens is 5. The maximum Gasteiger partial charge on any atom is 0.313 e. The molecule has 35 heteroatoms. The molecule has 7 N–H and O–H groups in total. The van der Waals surface area contributed by atoms with E-state index in [4.69, 9.17) is 61.6 Å². The van der Waals surface area contributed by atoms with Crippen LogP contribution in [0.2, 0.25) is 0 Å². The number of carbonyl (C=O) groups excluding carboxylic acids is 2. The number of aromatic nitrogens is 6. The number of esters is 1. The monoisotopic (exact) mass is 1280 g/mol. The Balaban J connectivity index is 0.887. The highest BCUT2D eigenvalue weighted by Crippen LogP contribution is 2.30. The molecule has 3 aromatic rings. The highest BCUT2D eigenvalue weighted by Gasteiger charge is 2.45. The Hall–Kier alpha value is -4.71. The van der Waals surface area contributed by atoms with Crippen LogP contribution >= 0.6 is 0 Å². The van der Waals surface area contributed by atoms with Gasteiger partial charge in [-0.05, 0) is 0 Å². The van der Waals surface area contributed by atoms with Crippen LogP contribution in [-0.2, 0) is 97.1 Å². The summed E-state index contributed by atoms with van der Waals surface area (Å²) in [6.07, 6.45) is -5.16. The van der Waals surface area contributed by atoms with Gasteiger partial charge in [-0.1, -0.05) is 10.4 Å². The molecule has 2 aliphatic heterocycles. The maximum atomic E-state index is 13.8. The topological polar surface area (TPSA) is 361 Å². The Morgan fingerprint density at radius 2 is 0.977 bits per heavy atom. The fraction of sp³-hybridized carbons (Fsp3) is 0.774. The number of rotatable bonds is 48. The third-order valence-corrected chi connectivity index (χ3v) is 13.1. The van der Waals surface area contributed by atoms with Crippen LogP contribution in [0.4, 0.5) is 22.0 Å². The molecule has 4 heterocycles. The van der Waals surface area contributed by atoms with Gasteiger partial charge in [-0.15, -0.1) is 10.2 Å². The molecule has 88 heavy (non-hydrogen) atoms. The third-order valence-electron chi connectivity index (χ3n) is 13.1. The molecule has 0 spiro atoms. The second-order valence-corrected chi connectivity index (χ2v) is 19.7. The molecular weight excluding hydrogens is 1200 g/mol. The lowest BCUT2D eigenvalue weighted by atomic mass is 9.97. The average molecular weight is 1280 g/mol. The lowest BCUT2D eigenvalue weighted by Gasteiger charge is -2.42. The van der Waals surface area contributed by atoms with Gasteiger partial charge in [-0.3, -0.25) is 14.5 Å². The summed E-state index contributed by atoms with van der Waals surface area (Å²) in [4.78, 5) is 25.7. The Kier molecular flexibility index (Phi) is 35.6. The molecular formula is C53H83F5N8O22. The lowest BCUT2D eigenvalue weighted by Crippen LogP contribution is -2.64. The number of hydrogen-bond donors (Lipinski definition) is 7. The second kappa shape index (κ2) is 42.4. The molecule has 1 aromatic carbocycles. The largest absolute Gasteiger partial charge is 0.420 e. The van der Waals surface area contributed by atoms with Crippen molar-refractivity contribution in [1.82, 2.24) is 40.2 Å². The molecule has 2 fully saturated rings. The van der Waals surface area contributed by atoms with E-state index in [0.29, 0.717) is 143 Å². The summed E-state index contributed by atoms with van der Waals surface area (Å²) in [7, 11) is 0. The number of aliphatic hydroxyl groups is 6. The number of nitrogens with zero attached hydrogens (tertiary/aromatic N) is 7. The van der Waals surface area contributed by atoms with E-state index in [1.54, 1.807) is 21.8 Å². The van der Waals surface area contributed by atoms with Gasteiger partial charge in [0.25, 0.3) is 0 Å². The summed E-state index contributed by atoms with van der Waals surface area (Å²) in [5.74, 6) is -14.8. The van der Waals surface area contributed by atoms with Crippen molar-refractivity contribution in [2.45, 2.75) is 101 Å². The van der Waals surface area contributed by atoms with Crippen molar-refractivity contribution in [2.24, 2.45) is 0 Å². The highest BCUT2D eigenvalue weighted by molar-refractivity contribution is 5.73. The van der Waals surface area contributed by atoms with Gasteiger partial charge in [0, 0.05) is 58.2 Å². The zero-order chi connectivity index (χ0) is 63.5. The molecule has 0 unspecified atom stereocenters. The summed E-state index contributed by atoms with van der Waals surface area (Å²) in [6.45, 7) is 8.03. The smallest absolute Gasteiger partial charge is 0.313 e. The number of carbonyl (C=O) groups is 2. The maximum absolute atomic E-state index is 13.8. The van der Waals surface area contributed by atoms with Crippen LogP contribution < -0.4 is 10.1 Å². The summed E-state index contributed by atoms with van der Waals surface area (Å²) >= 11 is 0. The summed E-state index contributed by atoms with van der Waals surface area (Å²) in [5, 5.41) is 78.3. The minimum Gasteiger partial charge on any atom is -0.420 e. The van der Waals surface area contributed by atoms with E-state index in [1.165, 1.54) is 6.92 Å². The van der Waals surface area contributed by atoms with E-state index in [-0.39, 0.29) is 52.7 Å². The Morgan fingerprint density at radius 1 is 0.557 bits per heavy atom. The summed E-state index contributed by atoms with van der Waals surface area (Å²) < 4.78 is 148. The minimum atomic E-state index is -2.38. The molecule has 5 rings (SSSR count). The van der Waals surface area contributed by atoms with Crippen LogP contribution in [0.25, 0.3) is 0 Å². The minimum absolute atomic E-state index is 0.0222. The SMILES string of the molecule is CC(=O)N[C@H]1[C@H](OCCc2cn(CCOCCOCCOCCN(CCOCCOCCOCCC(=O)Oc3c(F)c(F)c(F)c(F)c3F)CCOCCOCCOCCn3cc(CCO[C@H]4C[C@@H](O)[C@@H](O)[C@@H](CO)O4)nn3)nn2)O[C@H](CO)[C@H](O)[C@@H]1O. The molecule has 0 saturated carbocycles. The van der Waals surface area contributed by atoms with Crippen molar-refractivity contribution in [3.8, 4) is 5.75 Å². The molecule has 2 aromatic heterocycles. The van der Waals surface area contributed by atoms with Gasteiger partial charge in [-0.2, -0.15) is 8.78 Å².